The first-order valence-corrected chi connectivity index (χ1v) is 5.66. The van der Waals surface area contributed by atoms with Gasteiger partial charge in [0, 0.05) is 38.8 Å². The standard InChI is InChI=1S/C13H23N3/c1-15(2)10-12(9-14)11-6-5-7-13(8-11)16(3)4/h5-8,12H,9-10,14H2,1-4H3. The number of benzene rings is 1. The zero-order valence-corrected chi connectivity index (χ0v) is 10.8. The molecule has 90 valence electrons. The SMILES string of the molecule is CN(C)CC(CN)c1cccc(N(C)C)c1. The van der Waals surface area contributed by atoms with Crippen LogP contribution in [0.15, 0.2) is 24.3 Å². The van der Waals surface area contributed by atoms with Crippen LogP contribution in [0.4, 0.5) is 5.69 Å². The van der Waals surface area contributed by atoms with E-state index in [-0.39, 0.29) is 0 Å². The highest BCUT2D eigenvalue weighted by atomic mass is 15.1. The molecule has 1 unspecified atom stereocenters. The second-order valence-electron chi connectivity index (χ2n) is 4.68. The van der Waals surface area contributed by atoms with Crippen LogP contribution in [-0.4, -0.2) is 46.2 Å². The molecule has 0 aliphatic carbocycles. The summed E-state index contributed by atoms with van der Waals surface area (Å²) in [4.78, 5) is 4.30. The van der Waals surface area contributed by atoms with Gasteiger partial charge in [-0.15, -0.1) is 0 Å². The minimum atomic E-state index is 0.412. The van der Waals surface area contributed by atoms with E-state index in [2.05, 4.69) is 62.3 Å². The van der Waals surface area contributed by atoms with Crippen LogP contribution in [0.5, 0.6) is 0 Å². The summed E-state index contributed by atoms with van der Waals surface area (Å²) in [6, 6.07) is 8.60. The number of nitrogens with zero attached hydrogens (tertiary/aromatic N) is 2. The largest absolute Gasteiger partial charge is 0.378 e. The van der Waals surface area contributed by atoms with Gasteiger partial charge in [0.25, 0.3) is 0 Å². The first-order chi connectivity index (χ1) is 7.54. The van der Waals surface area contributed by atoms with Crippen molar-refractivity contribution in [1.29, 1.82) is 0 Å². The van der Waals surface area contributed by atoms with Crippen LogP contribution in [0.25, 0.3) is 0 Å². The van der Waals surface area contributed by atoms with Gasteiger partial charge in [-0.3, -0.25) is 0 Å². The molecule has 3 heteroatoms. The molecule has 0 bridgehead atoms. The third kappa shape index (κ3) is 3.51. The topological polar surface area (TPSA) is 32.5 Å². The average Bonchev–Trinajstić information content (AvgIpc) is 2.25. The molecule has 1 rings (SSSR count). The maximum absolute atomic E-state index is 5.84. The Balaban J connectivity index is 2.87. The van der Waals surface area contributed by atoms with E-state index in [1.54, 1.807) is 0 Å². The summed E-state index contributed by atoms with van der Waals surface area (Å²) in [6.45, 7) is 1.68. The van der Waals surface area contributed by atoms with Crippen molar-refractivity contribution in [3.8, 4) is 0 Å². The molecule has 1 aromatic rings. The van der Waals surface area contributed by atoms with Gasteiger partial charge in [-0.05, 0) is 31.8 Å². The maximum atomic E-state index is 5.84. The van der Waals surface area contributed by atoms with E-state index in [9.17, 15) is 0 Å². The summed E-state index contributed by atoms with van der Waals surface area (Å²) in [5, 5.41) is 0. The zero-order chi connectivity index (χ0) is 12.1. The number of nitrogens with two attached hydrogens (primary N) is 1. The summed E-state index contributed by atoms with van der Waals surface area (Å²) in [5.41, 5.74) is 8.39. The van der Waals surface area contributed by atoms with E-state index in [0.29, 0.717) is 12.5 Å². The molecule has 0 spiro atoms. The lowest BCUT2D eigenvalue weighted by atomic mass is 9.98. The Bertz CT molecular complexity index is 321. The Kier molecular flexibility index (Phi) is 4.77. The lowest BCUT2D eigenvalue weighted by Crippen LogP contribution is -2.26. The van der Waals surface area contributed by atoms with E-state index in [0.717, 1.165) is 6.54 Å². The lowest BCUT2D eigenvalue weighted by molar-refractivity contribution is 0.375. The van der Waals surface area contributed by atoms with Crippen LogP contribution in [0, 0.1) is 0 Å². The van der Waals surface area contributed by atoms with Crippen LogP contribution < -0.4 is 10.6 Å². The number of hydrogen-bond acceptors (Lipinski definition) is 3. The summed E-state index contributed by atoms with van der Waals surface area (Å²) in [6.07, 6.45) is 0. The monoisotopic (exact) mass is 221 g/mol. The van der Waals surface area contributed by atoms with Crippen molar-refractivity contribution in [2.24, 2.45) is 5.73 Å². The predicted octanol–water partition coefficient (Wildman–Crippen LogP) is 1.36. The van der Waals surface area contributed by atoms with Crippen LogP contribution in [0.3, 0.4) is 0 Å². The highest BCUT2D eigenvalue weighted by Gasteiger charge is 2.11. The van der Waals surface area contributed by atoms with Crippen LogP contribution in [0.1, 0.15) is 11.5 Å². The van der Waals surface area contributed by atoms with Gasteiger partial charge in [0.2, 0.25) is 0 Å². The molecule has 0 aliphatic heterocycles. The predicted molar refractivity (Wildman–Crippen MR) is 71.1 cm³/mol. The highest BCUT2D eigenvalue weighted by Crippen LogP contribution is 2.20. The molecule has 0 saturated carbocycles. The fraction of sp³-hybridized carbons (Fsp3) is 0.538. The summed E-state index contributed by atoms with van der Waals surface area (Å²) in [5.74, 6) is 0.412. The molecule has 0 fully saturated rings. The van der Waals surface area contributed by atoms with E-state index < -0.39 is 0 Å². The van der Waals surface area contributed by atoms with Gasteiger partial charge < -0.3 is 15.5 Å². The molecule has 16 heavy (non-hydrogen) atoms. The molecule has 0 amide bonds. The number of anilines is 1. The first kappa shape index (κ1) is 13.0. The maximum Gasteiger partial charge on any atom is 0.0363 e. The van der Waals surface area contributed by atoms with Gasteiger partial charge in [-0.1, -0.05) is 12.1 Å². The molecular formula is C13H23N3. The molecule has 2 N–H and O–H groups in total. The number of likely N-dealkylation sites (N-methyl/N-ethyl adjacent to an activating group) is 1. The molecule has 0 heterocycles. The van der Waals surface area contributed by atoms with Gasteiger partial charge in [-0.25, -0.2) is 0 Å². The second kappa shape index (κ2) is 5.87. The van der Waals surface area contributed by atoms with E-state index in [4.69, 9.17) is 5.73 Å². The first-order valence-electron chi connectivity index (χ1n) is 5.66. The Morgan fingerprint density at radius 2 is 1.88 bits per heavy atom. The molecule has 1 atom stereocenters. The summed E-state index contributed by atoms with van der Waals surface area (Å²) >= 11 is 0. The highest BCUT2D eigenvalue weighted by molar-refractivity contribution is 5.48. The molecule has 3 nitrogen and oxygen atoms in total. The quantitative estimate of drug-likeness (QED) is 0.815. The van der Waals surface area contributed by atoms with E-state index >= 15 is 0 Å². The molecule has 0 aliphatic rings. The van der Waals surface area contributed by atoms with Crippen molar-refractivity contribution in [2.75, 3.05) is 46.2 Å². The van der Waals surface area contributed by atoms with Gasteiger partial charge >= 0.3 is 0 Å². The van der Waals surface area contributed by atoms with Crippen LogP contribution in [-0.2, 0) is 0 Å². The van der Waals surface area contributed by atoms with E-state index in [1.165, 1.54) is 11.3 Å². The van der Waals surface area contributed by atoms with Crippen molar-refractivity contribution < 1.29 is 0 Å². The van der Waals surface area contributed by atoms with Gasteiger partial charge in [0.05, 0.1) is 0 Å². The second-order valence-corrected chi connectivity index (χ2v) is 4.68. The Hall–Kier alpha value is -1.06. The van der Waals surface area contributed by atoms with Crippen molar-refractivity contribution in [1.82, 2.24) is 4.90 Å². The average molecular weight is 221 g/mol. The molecule has 1 aromatic carbocycles. The Morgan fingerprint density at radius 1 is 1.19 bits per heavy atom. The minimum Gasteiger partial charge on any atom is -0.378 e. The van der Waals surface area contributed by atoms with Crippen LogP contribution >= 0.6 is 0 Å². The lowest BCUT2D eigenvalue weighted by Gasteiger charge is -2.21. The fourth-order valence-corrected chi connectivity index (χ4v) is 1.81. The smallest absolute Gasteiger partial charge is 0.0363 e. The minimum absolute atomic E-state index is 0.412. The third-order valence-electron chi connectivity index (χ3n) is 2.73. The summed E-state index contributed by atoms with van der Waals surface area (Å²) in [7, 11) is 8.28. The third-order valence-corrected chi connectivity index (χ3v) is 2.73. The Labute approximate surface area is 98.8 Å². The van der Waals surface area contributed by atoms with Crippen molar-refractivity contribution in [3.05, 3.63) is 29.8 Å². The molecule has 0 saturated heterocycles. The zero-order valence-electron chi connectivity index (χ0n) is 10.8. The Morgan fingerprint density at radius 3 is 2.38 bits per heavy atom. The van der Waals surface area contributed by atoms with E-state index in [1.807, 2.05) is 0 Å². The molecular weight excluding hydrogens is 198 g/mol. The normalized spacial score (nSPS) is 12.9. The van der Waals surface area contributed by atoms with Crippen LogP contribution in [0.2, 0.25) is 0 Å². The van der Waals surface area contributed by atoms with Gasteiger partial charge in [0.1, 0.15) is 0 Å². The van der Waals surface area contributed by atoms with Crippen molar-refractivity contribution >= 4 is 5.69 Å². The molecule has 0 aromatic heterocycles. The van der Waals surface area contributed by atoms with Gasteiger partial charge in [-0.2, -0.15) is 0 Å². The van der Waals surface area contributed by atoms with Gasteiger partial charge in [0.15, 0.2) is 0 Å². The molecule has 0 radical (unpaired) electrons. The fourth-order valence-electron chi connectivity index (χ4n) is 1.81. The number of rotatable bonds is 5. The summed E-state index contributed by atoms with van der Waals surface area (Å²) < 4.78 is 0. The van der Waals surface area contributed by atoms with Crippen molar-refractivity contribution in [2.45, 2.75) is 5.92 Å². The van der Waals surface area contributed by atoms with Crippen molar-refractivity contribution in [3.63, 3.8) is 0 Å². The number of hydrogen-bond donors (Lipinski definition) is 1.